The molecule has 21 heavy (non-hydrogen) atoms. The van der Waals surface area contributed by atoms with Crippen LogP contribution < -0.4 is 10.6 Å². The second-order valence-electron chi connectivity index (χ2n) is 4.27. The maximum Gasteiger partial charge on any atom is 0.158 e. The second kappa shape index (κ2) is 7.77. The zero-order valence-corrected chi connectivity index (χ0v) is 14.7. The number of methoxy groups -OCH3 is 1. The Labute approximate surface area is 142 Å². The van der Waals surface area contributed by atoms with Crippen molar-refractivity contribution in [3.8, 4) is 0 Å². The van der Waals surface area contributed by atoms with Crippen LogP contribution in [-0.4, -0.2) is 23.6 Å². The predicted molar refractivity (Wildman–Crippen MR) is 94.4 cm³/mol. The molecule has 7 heteroatoms. The van der Waals surface area contributed by atoms with Gasteiger partial charge in [-0.15, -0.1) is 0 Å². The highest BCUT2D eigenvalue weighted by Crippen LogP contribution is 2.25. The largest absolute Gasteiger partial charge is 0.377 e. The summed E-state index contributed by atoms with van der Waals surface area (Å²) in [6.45, 7) is 3.18. The molecule has 1 aromatic heterocycles. The average Bonchev–Trinajstić information content (AvgIpc) is 2.42. The summed E-state index contributed by atoms with van der Waals surface area (Å²) in [4.78, 5) is 8.82. The molecular weight excluding hydrogens is 403 g/mol. The van der Waals surface area contributed by atoms with Gasteiger partial charge in [0.1, 0.15) is 18.2 Å². The van der Waals surface area contributed by atoms with Crippen LogP contribution >= 0.6 is 34.2 Å². The minimum absolute atomic E-state index is 0.367. The van der Waals surface area contributed by atoms with Gasteiger partial charge in [0.15, 0.2) is 5.82 Å². The van der Waals surface area contributed by atoms with Gasteiger partial charge in [-0.2, -0.15) is 0 Å². The first-order chi connectivity index (χ1) is 10.1. The fraction of sp³-hybridized carbons (Fsp3) is 0.286. The van der Waals surface area contributed by atoms with Crippen molar-refractivity contribution in [3.63, 3.8) is 0 Å². The lowest BCUT2D eigenvalue weighted by molar-refractivity contribution is 0.178. The van der Waals surface area contributed by atoms with E-state index >= 15 is 0 Å². The number of halogens is 2. The van der Waals surface area contributed by atoms with Crippen molar-refractivity contribution >= 4 is 51.5 Å². The van der Waals surface area contributed by atoms with E-state index in [0.717, 1.165) is 21.6 Å². The summed E-state index contributed by atoms with van der Waals surface area (Å²) in [7, 11) is 1.62. The second-order valence-corrected chi connectivity index (χ2v) is 5.87. The first-order valence-electron chi connectivity index (χ1n) is 6.45. The number of rotatable bonds is 6. The van der Waals surface area contributed by atoms with E-state index in [9.17, 15) is 0 Å². The molecule has 2 rings (SSSR count). The molecule has 2 aromatic rings. The zero-order valence-electron chi connectivity index (χ0n) is 11.8. The molecule has 0 bridgehead atoms. The summed E-state index contributed by atoms with van der Waals surface area (Å²) < 4.78 is 6.13. The minimum Gasteiger partial charge on any atom is -0.377 e. The van der Waals surface area contributed by atoms with Crippen molar-refractivity contribution in [1.82, 2.24) is 9.97 Å². The van der Waals surface area contributed by atoms with Crippen molar-refractivity contribution in [1.29, 1.82) is 0 Å². The minimum atomic E-state index is 0.367. The van der Waals surface area contributed by atoms with E-state index in [1.165, 1.54) is 0 Å². The van der Waals surface area contributed by atoms with Crippen LogP contribution in [0, 0.1) is 3.57 Å². The third-order valence-corrected chi connectivity index (χ3v) is 3.73. The Balaban J connectivity index is 2.29. The summed E-state index contributed by atoms with van der Waals surface area (Å²) in [6.07, 6.45) is 0. The first-order valence-corrected chi connectivity index (χ1v) is 7.91. The number of ether oxygens (including phenoxy) is 1. The molecule has 0 unspecified atom stereocenters. The molecule has 0 radical (unpaired) electrons. The van der Waals surface area contributed by atoms with Crippen molar-refractivity contribution in [3.05, 3.63) is 38.7 Å². The molecule has 0 aliphatic heterocycles. The van der Waals surface area contributed by atoms with Crippen molar-refractivity contribution in [2.75, 3.05) is 24.3 Å². The zero-order chi connectivity index (χ0) is 15.2. The fourth-order valence-electron chi connectivity index (χ4n) is 1.76. The molecule has 5 nitrogen and oxygen atoms in total. The van der Waals surface area contributed by atoms with Gasteiger partial charge >= 0.3 is 0 Å². The molecule has 0 amide bonds. The van der Waals surface area contributed by atoms with Gasteiger partial charge in [-0.05, 0) is 47.7 Å². The van der Waals surface area contributed by atoms with Crippen LogP contribution in [0.4, 0.5) is 17.3 Å². The maximum absolute atomic E-state index is 5.97. The summed E-state index contributed by atoms with van der Waals surface area (Å²) in [5, 5.41) is 7.18. The lowest BCUT2D eigenvalue weighted by Crippen LogP contribution is -2.07. The fourth-order valence-corrected chi connectivity index (χ4v) is 2.76. The van der Waals surface area contributed by atoms with Crippen molar-refractivity contribution < 1.29 is 4.74 Å². The number of hydrogen-bond donors (Lipinski definition) is 2. The molecule has 0 aliphatic rings. The molecular formula is C14H16ClIN4O. The van der Waals surface area contributed by atoms with Crippen LogP contribution in [0.2, 0.25) is 5.02 Å². The van der Waals surface area contributed by atoms with E-state index < -0.39 is 0 Å². The standard InChI is InChI=1S/C14H16ClIN4O/c1-3-17-12-7-13(20-14(19-12)8-21-2)18-11-5-4-9(15)6-10(11)16/h4-7H,3,8H2,1-2H3,(H2,17,18,19,20). The van der Waals surface area contributed by atoms with E-state index in [1.54, 1.807) is 7.11 Å². The molecule has 0 aliphatic carbocycles. The molecule has 0 atom stereocenters. The summed E-state index contributed by atoms with van der Waals surface area (Å²) in [6, 6.07) is 7.53. The molecule has 2 N–H and O–H groups in total. The number of nitrogens with zero attached hydrogens (tertiary/aromatic N) is 2. The van der Waals surface area contributed by atoms with Gasteiger partial charge in [-0.3, -0.25) is 0 Å². The number of hydrogen-bond acceptors (Lipinski definition) is 5. The molecule has 1 aromatic carbocycles. The first kappa shape index (κ1) is 16.3. The molecule has 112 valence electrons. The molecule has 0 saturated carbocycles. The number of benzene rings is 1. The van der Waals surface area contributed by atoms with E-state index in [4.69, 9.17) is 16.3 Å². The van der Waals surface area contributed by atoms with Gasteiger partial charge in [-0.1, -0.05) is 11.6 Å². The van der Waals surface area contributed by atoms with E-state index in [1.807, 2.05) is 31.2 Å². The van der Waals surface area contributed by atoms with Crippen LogP contribution in [0.25, 0.3) is 0 Å². The van der Waals surface area contributed by atoms with Crippen LogP contribution in [0.3, 0.4) is 0 Å². The van der Waals surface area contributed by atoms with Gasteiger partial charge in [0.25, 0.3) is 0 Å². The van der Waals surface area contributed by atoms with Crippen LogP contribution in [0.5, 0.6) is 0 Å². The molecule has 0 fully saturated rings. The summed E-state index contributed by atoms with van der Waals surface area (Å²) in [5.74, 6) is 2.11. The van der Waals surface area contributed by atoms with Crippen LogP contribution in [0.1, 0.15) is 12.7 Å². The normalized spacial score (nSPS) is 10.5. The van der Waals surface area contributed by atoms with E-state index in [0.29, 0.717) is 23.3 Å². The Kier molecular flexibility index (Phi) is 6.01. The summed E-state index contributed by atoms with van der Waals surface area (Å²) >= 11 is 8.20. The Hall–Kier alpha value is -1.12. The number of anilines is 3. The molecule has 0 saturated heterocycles. The average molecular weight is 419 g/mol. The third-order valence-electron chi connectivity index (χ3n) is 2.60. The predicted octanol–water partition coefficient (Wildman–Crippen LogP) is 4.06. The van der Waals surface area contributed by atoms with Gasteiger partial charge in [0.05, 0.1) is 5.69 Å². The lowest BCUT2D eigenvalue weighted by atomic mass is 10.3. The smallest absolute Gasteiger partial charge is 0.158 e. The lowest BCUT2D eigenvalue weighted by Gasteiger charge is -2.11. The van der Waals surface area contributed by atoms with Gasteiger partial charge < -0.3 is 15.4 Å². The van der Waals surface area contributed by atoms with Gasteiger partial charge in [0.2, 0.25) is 0 Å². The van der Waals surface area contributed by atoms with E-state index in [-0.39, 0.29) is 0 Å². The van der Waals surface area contributed by atoms with Crippen molar-refractivity contribution in [2.45, 2.75) is 13.5 Å². The third kappa shape index (κ3) is 4.69. The highest BCUT2D eigenvalue weighted by molar-refractivity contribution is 14.1. The summed E-state index contributed by atoms with van der Waals surface area (Å²) in [5.41, 5.74) is 0.949. The van der Waals surface area contributed by atoms with Crippen molar-refractivity contribution in [2.24, 2.45) is 0 Å². The highest BCUT2D eigenvalue weighted by Gasteiger charge is 2.07. The van der Waals surface area contributed by atoms with Crippen LogP contribution in [-0.2, 0) is 11.3 Å². The Bertz CT molecular complexity index is 600. The van der Waals surface area contributed by atoms with Crippen LogP contribution in [0.15, 0.2) is 24.3 Å². The highest BCUT2D eigenvalue weighted by atomic mass is 127. The molecule has 1 heterocycles. The van der Waals surface area contributed by atoms with Gasteiger partial charge in [-0.25, -0.2) is 9.97 Å². The van der Waals surface area contributed by atoms with E-state index in [2.05, 4.69) is 43.2 Å². The molecule has 0 spiro atoms. The number of nitrogens with one attached hydrogen (secondary N) is 2. The SMILES string of the molecule is CCNc1cc(Nc2ccc(Cl)cc2I)nc(COC)n1. The maximum atomic E-state index is 5.97. The Morgan fingerprint density at radius 3 is 2.67 bits per heavy atom. The quantitative estimate of drug-likeness (QED) is 0.693. The Morgan fingerprint density at radius 2 is 2.00 bits per heavy atom. The monoisotopic (exact) mass is 418 g/mol. The Morgan fingerprint density at radius 1 is 1.24 bits per heavy atom. The number of aromatic nitrogens is 2. The van der Waals surface area contributed by atoms with Gasteiger partial charge in [0, 0.05) is 28.3 Å². The topological polar surface area (TPSA) is 59.1 Å².